The SMILES string of the molecule is CNC(=O)c1sc(NC(C)C(C)C)cc1N. The molecule has 0 spiro atoms. The molecule has 4 N–H and O–H groups in total. The van der Waals surface area contributed by atoms with Gasteiger partial charge in [-0.3, -0.25) is 4.79 Å². The standard InChI is InChI=1S/C11H19N3OS/c1-6(2)7(3)14-9-5-8(12)10(16-9)11(15)13-4/h5-7,14H,12H2,1-4H3,(H,13,15). The van der Waals surface area contributed by atoms with Gasteiger partial charge in [-0.2, -0.15) is 0 Å². The van der Waals surface area contributed by atoms with E-state index < -0.39 is 0 Å². The maximum absolute atomic E-state index is 11.5. The lowest BCUT2D eigenvalue weighted by Gasteiger charge is -2.16. The Labute approximate surface area is 100 Å². The lowest BCUT2D eigenvalue weighted by Crippen LogP contribution is -2.20. The Morgan fingerprint density at radius 2 is 2.06 bits per heavy atom. The minimum absolute atomic E-state index is 0.132. The third-order valence-corrected chi connectivity index (χ3v) is 3.64. The molecule has 1 amide bonds. The minimum atomic E-state index is -0.132. The number of nitrogens with one attached hydrogen (secondary N) is 2. The predicted octanol–water partition coefficient (Wildman–Crippen LogP) is 2.15. The van der Waals surface area contributed by atoms with E-state index >= 15 is 0 Å². The van der Waals surface area contributed by atoms with E-state index in [1.54, 1.807) is 7.05 Å². The van der Waals surface area contributed by atoms with Crippen LogP contribution in [0.4, 0.5) is 10.7 Å². The highest BCUT2D eigenvalue weighted by Crippen LogP contribution is 2.30. The quantitative estimate of drug-likeness (QED) is 0.756. The molecule has 4 nitrogen and oxygen atoms in total. The van der Waals surface area contributed by atoms with Gasteiger partial charge in [0.25, 0.3) is 5.91 Å². The van der Waals surface area contributed by atoms with Crippen LogP contribution in [0.5, 0.6) is 0 Å². The van der Waals surface area contributed by atoms with Crippen molar-refractivity contribution in [1.82, 2.24) is 5.32 Å². The van der Waals surface area contributed by atoms with Gasteiger partial charge in [0.15, 0.2) is 0 Å². The van der Waals surface area contributed by atoms with Crippen molar-refractivity contribution in [3.8, 4) is 0 Å². The Bertz CT molecular complexity index is 373. The van der Waals surface area contributed by atoms with Crippen molar-refractivity contribution in [3.63, 3.8) is 0 Å². The fourth-order valence-corrected chi connectivity index (χ4v) is 2.18. The fraction of sp³-hybridized carbons (Fsp3) is 0.545. The van der Waals surface area contributed by atoms with Gasteiger partial charge in [0.2, 0.25) is 0 Å². The van der Waals surface area contributed by atoms with Gasteiger partial charge in [-0.25, -0.2) is 0 Å². The zero-order chi connectivity index (χ0) is 12.3. The van der Waals surface area contributed by atoms with Crippen molar-refractivity contribution in [2.24, 2.45) is 5.92 Å². The molecule has 1 heterocycles. The van der Waals surface area contributed by atoms with Gasteiger partial charge < -0.3 is 16.4 Å². The zero-order valence-electron chi connectivity index (χ0n) is 10.1. The van der Waals surface area contributed by atoms with Crippen LogP contribution in [0.15, 0.2) is 6.07 Å². The fourth-order valence-electron chi connectivity index (χ4n) is 1.16. The monoisotopic (exact) mass is 241 g/mol. The number of carbonyl (C=O) groups excluding carboxylic acids is 1. The molecular formula is C11H19N3OS. The van der Waals surface area contributed by atoms with Crippen molar-refractivity contribution in [2.75, 3.05) is 18.1 Å². The molecule has 0 saturated heterocycles. The summed E-state index contributed by atoms with van der Waals surface area (Å²) in [6.07, 6.45) is 0. The molecule has 5 heteroatoms. The molecule has 0 bridgehead atoms. The molecule has 1 rings (SSSR count). The van der Waals surface area contributed by atoms with Gasteiger partial charge in [0.05, 0.1) is 10.7 Å². The molecule has 16 heavy (non-hydrogen) atoms. The summed E-state index contributed by atoms with van der Waals surface area (Å²) in [7, 11) is 1.60. The molecule has 0 radical (unpaired) electrons. The molecule has 0 aromatic carbocycles. The average molecular weight is 241 g/mol. The Morgan fingerprint density at radius 1 is 1.44 bits per heavy atom. The summed E-state index contributed by atoms with van der Waals surface area (Å²) in [5.41, 5.74) is 6.31. The van der Waals surface area contributed by atoms with Crippen molar-refractivity contribution in [2.45, 2.75) is 26.8 Å². The molecule has 1 aromatic rings. The number of carbonyl (C=O) groups is 1. The van der Waals surface area contributed by atoms with Crippen LogP contribution in [0.1, 0.15) is 30.4 Å². The molecule has 0 aliphatic heterocycles. The number of anilines is 2. The zero-order valence-corrected chi connectivity index (χ0v) is 10.9. The third-order valence-electron chi connectivity index (χ3n) is 2.56. The highest BCUT2D eigenvalue weighted by Gasteiger charge is 2.14. The van der Waals surface area contributed by atoms with Gasteiger partial charge in [-0.05, 0) is 18.9 Å². The van der Waals surface area contributed by atoms with E-state index in [1.165, 1.54) is 11.3 Å². The van der Waals surface area contributed by atoms with E-state index in [0.717, 1.165) is 5.00 Å². The second kappa shape index (κ2) is 5.21. The van der Waals surface area contributed by atoms with E-state index in [2.05, 4.69) is 31.4 Å². The normalized spacial score (nSPS) is 12.6. The number of nitrogen functional groups attached to an aromatic ring is 1. The molecule has 0 aliphatic carbocycles. The van der Waals surface area contributed by atoms with Gasteiger partial charge in [-0.15, -0.1) is 11.3 Å². The Balaban J connectivity index is 2.81. The molecule has 90 valence electrons. The smallest absolute Gasteiger partial charge is 0.263 e. The van der Waals surface area contributed by atoms with Crippen LogP contribution in [0.3, 0.4) is 0 Å². The van der Waals surface area contributed by atoms with Crippen LogP contribution in [0, 0.1) is 5.92 Å². The van der Waals surface area contributed by atoms with E-state index in [1.807, 2.05) is 6.07 Å². The predicted molar refractivity (Wildman–Crippen MR) is 70.0 cm³/mol. The van der Waals surface area contributed by atoms with Crippen molar-refractivity contribution >= 4 is 27.9 Å². The Morgan fingerprint density at radius 3 is 2.56 bits per heavy atom. The van der Waals surface area contributed by atoms with Gasteiger partial charge in [-0.1, -0.05) is 13.8 Å². The van der Waals surface area contributed by atoms with E-state index in [-0.39, 0.29) is 5.91 Å². The highest BCUT2D eigenvalue weighted by atomic mass is 32.1. The van der Waals surface area contributed by atoms with Crippen LogP contribution >= 0.6 is 11.3 Å². The second-order valence-electron chi connectivity index (χ2n) is 4.15. The summed E-state index contributed by atoms with van der Waals surface area (Å²) in [6.45, 7) is 6.41. The Kier molecular flexibility index (Phi) is 4.18. The first kappa shape index (κ1) is 12.8. The van der Waals surface area contributed by atoms with Crippen LogP contribution < -0.4 is 16.4 Å². The molecule has 1 aromatic heterocycles. The van der Waals surface area contributed by atoms with E-state index in [9.17, 15) is 4.79 Å². The number of amides is 1. The summed E-state index contributed by atoms with van der Waals surface area (Å²) in [4.78, 5) is 12.0. The van der Waals surface area contributed by atoms with Crippen LogP contribution in [-0.2, 0) is 0 Å². The highest BCUT2D eigenvalue weighted by molar-refractivity contribution is 7.18. The molecule has 0 aliphatic rings. The summed E-state index contributed by atoms with van der Waals surface area (Å²) in [5, 5.41) is 6.86. The molecule has 0 saturated carbocycles. The van der Waals surface area contributed by atoms with Crippen LogP contribution in [0.25, 0.3) is 0 Å². The summed E-state index contributed by atoms with van der Waals surface area (Å²) in [6, 6.07) is 2.17. The van der Waals surface area contributed by atoms with Crippen molar-refractivity contribution in [1.29, 1.82) is 0 Å². The lowest BCUT2D eigenvalue weighted by molar-refractivity contribution is 0.0968. The van der Waals surface area contributed by atoms with Gasteiger partial charge in [0.1, 0.15) is 4.88 Å². The summed E-state index contributed by atoms with van der Waals surface area (Å²) >= 11 is 1.39. The molecule has 0 fully saturated rings. The maximum Gasteiger partial charge on any atom is 0.263 e. The molecule has 1 atom stereocenters. The minimum Gasteiger partial charge on any atom is -0.397 e. The molecular weight excluding hydrogens is 222 g/mol. The number of hydrogen-bond acceptors (Lipinski definition) is 4. The van der Waals surface area contributed by atoms with E-state index in [4.69, 9.17) is 5.73 Å². The van der Waals surface area contributed by atoms with Crippen molar-refractivity contribution < 1.29 is 4.79 Å². The van der Waals surface area contributed by atoms with E-state index in [0.29, 0.717) is 22.5 Å². The second-order valence-corrected chi connectivity index (χ2v) is 5.20. The maximum atomic E-state index is 11.5. The van der Waals surface area contributed by atoms with Gasteiger partial charge >= 0.3 is 0 Å². The Hall–Kier alpha value is -1.23. The third kappa shape index (κ3) is 2.88. The number of nitrogens with two attached hydrogens (primary N) is 1. The molecule has 1 unspecified atom stereocenters. The lowest BCUT2D eigenvalue weighted by atomic mass is 10.1. The van der Waals surface area contributed by atoms with Gasteiger partial charge in [0, 0.05) is 13.1 Å². The average Bonchev–Trinajstić information content (AvgIpc) is 2.58. The van der Waals surface area contributed by atoms with Crippen LogP contribution in [-0.4, -0.2) is 19.0 Å². The number of hydrogen-bond donors (Lipinski definition) is 3. The summed E-state index contributed by atoms with van der Waals surface area (Å²) < 4.78 is 0. The largest absolute Gasteiger partial charge is 0.397 e. The number of rotatable bonds is 4. The summed E-state index contributed by atoms with van der Waals surface area (Å²) in [5.74, 6) is 0.402. The first-order chi connectivity index (χ1) is 7.45. The first-order valence-corrected chi connectivity index (χ1v) is 6.15. The number of thiophene rings is 1. The van der Waals surface area contributed by atoms with Crippen LogP contribution in [0.2, 0.25) is 0 Å². The first-order valence-electron chi connectivity index (χ1n) is 5.33. The van der Waals surface area contributed by atoms with Crippen molar-refractivity contribution in [3.05, 3.63) is 10.9 Å². The topological polar surface area (TPSA) is 67.2 Å².